The van der Waals surface area contributed by atoms with Crippen molar-refractivity contribution in [1.82, 2.24) is 4.90 Å². The van der Waals surface area contributed by atoms with Crippen molar-refractivity contribution in [2.75, 3.05) is 25.5 Å². The van der Waals surface area contributed by atoms with E-state index in [1.165, 1.54) is 11.3 Å². The van der Waals surface area contributed by atoms with Crippen LogP contribution in [0.25, 0.3) is 11.0 Å². The van der Waals surface area contributed by atoms with Crippen LogP contribution in [0.15, 0.2) is 70.5 Å². The van der Waals surface area contributed by atoms with Gasteiger partial charge >= 0.3 is 0 Å². The van der Waals surface area contributed by atoms with Gasteiger partial charge in [-0.05, 0) is 73.1 Å². The third kappa shape index (κ3) is 4.41. The summed E-state index contributed by atoms with van der Waals surface area (Å²) in [5, 5.41) is 6.01. The smallest absolute Gasteiger partial charge is 0.265 e. The van der Waals surface area contributed by atoms with Gasteiger partial charge in [0.25, 0.3) is 5.91 Å². The summed E-state index contributed by atoms with van der Waals surface area (Å²) >= 11 is 1.43. The molecule has 1 aliphatic heterocycles. The number of amides is 1. The first-order valence-electron chi connectivity index (χ1n) is 11.4. The maximum absolute atomic E-state index is 13.1. The van der Waals surface area contributed by atoms with Gasteiger partial charge in [0.2, 0.25) is 0 Å². The quantitative estimate of drug-likeness (QED) is 0.353. The Kier molecular flexibility index (Phi) is 6.20. The van der Waals surface area contributed by atoms with Crippen molar-refractivity contribution in [2.24, 2.45) is 5.92 Å². The molecule has 4 aromatic rings. The summed E-state index contributed by atoms with van der Waals surface area (Å²) in [5.74, 6) is 2.17. The van der Waals surface area contributed by atoms with Crippen LogP contribution in [-0.4, -0.2) is 31.0 Å². The normalized spacial score (nSPS) is 16.1. The molecule has 1 unspecified atom stereocenters. The summed E-state index contributed by atoms with van der Waals surface area (Å²) in [6.07, 6.45) is 2.27. The van der Waals surface area contributed by atoms with Crippen LogP contribution in [0.2, 0.25) is 0 Å². The van der Waals surface area contributed by atoms with Crippen molar-refractivity contribution < 1.29 is 13.9 Å². The molecular weight excluding hydrogens is 432 g/mol. The number of thiophene rings is 1. The number of likely N-dealkylation sites (tertiary alicyclic amines) is 1. The number of anilines is 1. The first kappa shape index (κ1) is 21.7. The number of para-hydroxylation sites is 1. The third-order valence-corrected chi connectivity index (χ3v) is 7.32. The second kappa shape index (κ2) is 9.41. The van der Waals surface area contributed by atoms with Gasteiger partial charge in [0.1, 0.15) is 17.1 Å². The van der Waals surface area contributed by atoms with E-state index in [1.54, 1.807) is 7.11 Å². The maximum Gasteiger partial charge on any atom is 0.265 e. The third-order valence-electron chi connectivity index (χ3n) is 6.45. The van der Waals surface area contributed by atoms with Gasteiger partial charge in [0, 0.05) is 5.39 Å². The fourth-order valence-electron chi connectivity index (χ4n) is 4.60. The molecule has 1 atom stereocenters. The number of furan rings is 1. The zero-order valence-corrected chi connectivity index (χ0v) is 19.7. The van der Waals surface area contributed by atoms with Crippen LogP contribution in [0.5, 0.6) is 5.75 Å². The second-order valence-electron chi connectivity index (χ2n) is 8.67. The lowest BCUT2D eigenvalue weighted by Gasteiger charge is -2.36. The highest BCUT2D eigenvalue weighted by Gasteiger charge is 2.32. The molecule has 1 amide bonds. The number of nitrogens with one attached hydrogen (secondary N) is 1. The molecule has 1 fully saturated rings. The minimum absolute atomic E-state index is 0.116. The van der Waals surface area contributed by atoms with Gasteiger partial charge < -0.3 is 14.5 Å². The van der Waals surface area contributed by atoms with E-state index >= 15 is 0 Å². The van der Waals surface area contributed by atoms with Crippen LogP contribution in [0, 0.1) is 5.92 Å². The van der Waals surface area contributed by atoms with Gasteiger partial charge in [0.15, 0.2) is 0 Å². The van der Waals surface area contributed by atoms with Crippen molar-refractivity contribution in [2.45, 2.75) is 25.8 Å². The van der Waals surface area contributed by atoms with E-state index in [0.29, 0.717) is 10.8 Å². The van der Waals surface area contributed by atoms with Crippen LogP contribution in [0.3, 0.4) is 0 Å². The first-order valence-corrected chi connectivity index (χ1v) is 12.3. The summed E-state index contributed by atoms with van der Waals surface area (Å²) in [6, 6.07) is 19.7. The monoisotopic (exact) mass is 460 g/mol. The molecule has 1 aliphatic rings. The first-order chi connectivity index (χ1) is 16.1. The summed E-state index contributed by atoms with van der Waals surface area (Å²) < 4.78 is 12.0. The van der Waals surface area contributed by atoms with E-state index in [4.69, 9.17) is 9.15 Å². The minimum Gasteiger partial charge on any atom is -0.497 e. The Balaban J connectivity index is 1.64. The zero-order chi connectivity index (χ0) is 22.8. The number of carbonyl (C=O) groups is 1. The van der Waals surface area contributed by atoms with E-state index in [9.17, 15) is 4.79 Å². The number of methoxy groups -OCH3 is 1. The van der Waals surface area contributed by atoms with Crippen LogP contribution in [-0.2, 0) is 0 Å². The van der Waals surface area contributed by atoms with Crippen molar-refractivity contribution in [3.05, 3.63) is 82.2 Å². The number of nitrogens with zero attached hydrogens (tertiary/aromatic N) is 1. The molecule has 5 rings (SSSR count). The molecule has 33 heavy (non-hydrogen) atoms. The highest BCUT2D eigenvalue weighted by atomic mass is 32.1. The van der Waals surface area contributed by atoms with Gasteiger partial charge in [-0.2, -0.15) is 0 Å². The number of hydrogen-bond acceptors (Lipinski definition) is 5. The largest absolute Gasteiger partial charge is 0.497 e. The summed E-state index contributed by atoms with van der Waals surface area (Å²) in [5.41, 5.74) is 2.61. The number of carbonyl (C=O) groups excluding carboxylic acids is 1. The Morgan fingerprint density at radius 1 is 1.12 bits per heavy atom. The number of fused-ring (bicyclic) bond motifs is 1. The maximum atomic E-state index is 13.1. The number of benzene rings is 2. The van der Waals surface area contributed by atoms with Gasteiger partial charge in [-0.25, -0.2) is 0 Å². The van der Waals surface area contributed by atoms with Crippen LogP contribution < -0.4 is 10.1 Å². The Morgan fingerprint density at radius 3 is 2.70 bits per heavy atom. The molecule has 2 aromatic heterocycles. The molecule has 3 heterocycles. The van der Waals surface area contributed by atoms with Crippen LogP contribution in [0.4, 0.5) is 5.69 Å². The summed E-state index contributed by atoms with van der Waals surface area (Å²) in [7, 11) is 1.69. The Labute approximate surface area is 198 Å². The van der Waals surface area contributed by atoms with E-state index in [-0.39, 0.29) is 11.9 Å². The molecule has 0 bridgehead atoms. The number of rotatable bonds is 6. The second-order valence-corrected chi connectivity index (χ2v) is 9.61. The van der Waals surface area contributed by atoms with Crippen molar-refractivity contribution in [3.63, 3.8) is 0 Å². The predicted octanol–water partition coefficient (Wildman–Crippen LogP) is 6.58. The van der Waals surface area contributed by atoms with Crippen molar-refractivity contribution in [1.29, 1.82) is 0 Å². The molecule has 2 aromatic carbocycles. The molecule has 0 spiro atoms. The molecular formula is C27H28N2O3S. The van der Waals surface area contributed by atoms with E-state index < -0.39 is 0 Å². The molecule has 5 nitrogen and oxygen atoms in total. The number of hydrogen-bond donors (Lipinski definition) is 1. The topological polar surface area (TPSA) is 54.7 Å². The molecule has 0 saturated carbocycles. The number of piperidine rings is 1. The standard InChI is InChI=1S/C27H28N2O3S/c1-18-12-14-29(15-13-18)25(19-7-5-8-20(17-19)31-2)26-24(21-9-3-4-10-22(21)32-26)28-27(30)23-11-6-16-33-23/h3-11,16-18,25H,12-15H2,1-2H3,(H,28,30). The van der Waals surface area contributed by atoms with E-state index in [0.717, 1.165) is 59.7 Å². The molecule has 1 N–H and O–H groups in total. The molecule has 1 saturated heterocycles. The molecule has 170 valence electrons. The van der Waals surface area contributed by atoms with E-state index in [1.807, 2.05) is 53.9 Å². The molecule has 0 aliphatic carbocycles. The average Bonchev–Trinajstić information content (AvgIpc) is 3.50. The SMILES string of the molecule is COc1cccc(C(c2oc3ccccc3c2NC(=O)c2cccs2)N2CCC(C)CC2)c1. The Hall–Kier alpha value is -3.09. The van der Waals surface area contributed by atoms with E-state index in [2.05, 4.69) is 29.3 Å². The lowest BCUT2D eigenvalue weighted by atomic mass is 9.94. The van der Waals surface area contributed by atoms with Gasteiger partial charge in [0.05, 0.1) is 23.7 Å². The lowest BCUT2D eigenvalue weighted by molar-refractivity contribution is 0.102. The van der Waals surface area contributed by atoms with Crippen molar-refractivity contribution in [3.8, 4) is 5.75 Å². The predicted molar refractivity (Wildman–Crippen MR) is 133 cm³/mol. The molecule has 6 heteroatoms. The summed E-state index contributed by atoms with van der Waals surface area (Å²) in [4.78, 5) is 16.2. The highest BCUT2D eigenvalue weighted by Crippen LogP contribution is 2.42. The lowest BCUT2D eigenvalue weighted by Crippen LogP contribution is -2.37. The number of ether oxygens (including phenoxy) is 1. The Morgan fingerprint density at radius 2 is 1.94 bits per heavy atom. The fourth-order valence-corrected chi connectivity index (χ4v) is 5.21. The van der Waals surface area contributed by atoms with Gasteiger partial charge in [-0.1, -0.05) is 37.3 Å². The van der Waals surface area contributed by atoms with Gasteiger partial charge in [-0.15, -0.1) is 11.3 Å². The Bertz CT molecular complexity index is 1240. The highest BCUT2D eigenvalue weighted by molar-refractivity contribution is 7.12. The minimum atomic E-state index is -0.126. The summed E-state index contributed by atoms with van der Waals surface area (Å²) in [6.45, 7) is 4.25. The fraction of sp³-hybridized carbons (Fsp3) is 0.296. The van der Waals surface area contributed by atoms with Crippen LogP contribution >= 0.6 is 11.3 Å². The molecule has 0 radical (unpaired) electrons. The zero-order valence-electron chi connectivity index (χ0n) is 18.9. The van der Waals surface area contributed by atoms with Crippen molar-refractivity contribution >= 4 is 33.9 Å². The average molecular weight is 461 g/mol. The van der Waals surface area contributed by atoms with Crippen LogP contribution in [0.1, 0.15) is 46.8 Å². The van der Waals surface area contributed by atoms with Gasteiger partial charge in [-0.3, -0.25) is 9.69 Å².